The SMILES string of the molecule is CC(C)c1cccc2ccsc12. The Bertz CT molecular complexity index is 385. The predicted octanol–water partition coefficient (Wildman–Crippen LogP) is 4.02. The van der Waals surface area contributed by atoms with Gasteiger partial charge in [0.15, 0.2) is 0 Å². The van der Waals surface area contributed by atoms with Crippen molar-refractivity contribution < 1.29 is 0 Å². The lowest BCUT2D eigenvalue weighted by Gasteiger charge is -2.05. The maximum atomic E-state index is 2.24. The van der Waals surface area contributed by atoms with Gasteiger partial charge in [-0.15, -0.1) is 11.3 Å². The van der Waals surface area contributed by atoms with Gasteiger partial charge in [-0.25, -0.2) is 0 Å². The van der Waals surface area contributed by atoms with Crippen LogP contribution >= 0.6 is 11.3 Å². The summed E-state index contributed by atoms with van der Waals surface area (Å²) in [5.41, 5.74) is 1.47. The average Bonchev–Trinajstić information content (AvgIpc) is 2.49. The molecule has 12 heavy (non-hydrogen) atoms. The monoisotopic (exact) mass is 176 g/mol. The molecular formula is C11H12S. The van der Waals surface area contributed by atoms with Gasteiger partial charge in [0.2, 0.25) is 0 Å². The lowest BCUT2D eigenvalue weighted by molar-refractivity contribution is 0.878. The highest BCUT2D eigenvalue weighted by Gasteiger charge is 2.04. The second-order valence-corrected chi connectivity index (χ2v) is 4.26. The second kappa shape index (κ2) is 2.91. The third-order valence-electron chi connectivity index (χ3n) is 2.13. The number of benzene rings is 1. The molecule has 0 unspecified atom stereocenters. The van der Waals surface area contributed by atoms with Crippen LogP contribution in [0.3, 0.4) is 0 Å². The number of hydrogen-bond acceptors (Lipinski definition) is 1. The topological polar surface area (TPSA) is 0 Å². The van der Waals surface area contributed by atoms with Gasteiger partial charge in [-0.1, -0.05) is 32.0 Å². The average molecular weight is 176 g/mol. The van der Waals surface area contributed by atoms with Gasteiger partial charge >= 0.3 is 0 Å². The fourth-order valence-electron chi connectivity index (χ4n) is 1.47. The number of fused-ring (bicyclic) bond motifs is 1. The summed E-state index contributed by atoms with van der Waals surface area (Å²) in [6, 6.07) is 8.73. The van der Waals surface area contributed by atoms with Crippen molar-refractivity contribution in [3.63, 3.8) is 0 Å². The Labute approximate surface area is 76.8 Å². The largest absolute Gasteiger partial charge is 0.144 e. The van der Waals surface area contributed by atoms with E-state index in [2.05, 4.69) is 43.5 Å². The highest BCUT2D eigenvalue weighted by atomic mass is 32.1. The van der Waals surface area contributed by atoms with E-state index in [-0.39, 0.29) is 0 Å². The van der Waals surface area contributed by atoms with E-state index in [0.29, 0.717) is 5.92 Å². The van der Waals surface area contributed by atoms with Crippen molar-refractivity contribution in [2.24, 2.45) is 0 Å². The Morgan fingerprint density at radius 3 is 2.75 bits per heavy atom. The van der Waals surface area contributed by atoms with Crippen molar-refractivity contribution in [2.45, 2.75) is 19.8 Å². The van der Waals surface area contributed by atoms with Crippen LogP contribution in [-0.4, -0.2) is 0 Å². The molecule has 0 aliphatic carbocycles. The quantitative estimate of drug-likeness (QED) is 0.615. The maximum absolute atomic E-state index is 2.24. The van der Waals surface area contributed by atoms with Crippen LogP contribution < -0.4 is 0 Å². The molecule has 0 bridgehead atoms. The molecule has 1 heterocycles. The van der Waals surface area contributed by atoms with E-state index in [1.165, 1.54) is 15.6 Å². The standard InChI is InChI=1S/C11H12S/c1-8(2)10-5-3-4-9-6-7-12-11(9)10/h3-8H,1-2H3. The summed E-state index contributed by atoms with van der Waals surface area (Å²) in [6.07, 6.45) is 0. The summed E-state index contributed by atoms with van der Waals surface area (Å²) in [7, 11) is 0. The van der Waals surface area contributed by atoms with Gasteiger partial charge in [-0.2, -0.15) is 0 Å². The normalized spacial score (nSPS) is 11.2. The van der Waals surface area contributed by atoms with Crippen LogP contribution in [0.1, 0.15) is 25.3 Å². The zero-order valence-corrected chi connectivity index (χ0v) is 8.19. The van der Waals surface area contributed by atoms with Crippen LogP contribution in [-0.2, 0) is 0 Å². The lowest BCUT2D eigenvalue weighted by Crippen LogP contribution is -1.85. The molecule has 0 spiro atoms. The molecule has 0 amide bonds. The van der Waals surface area contributed by atoms with Crippen molar-refractivity contribution in [3.05, 3.63) is 35.2 Å². The first-order chi connectivity index (χ1) is 5.79. The summed E-state index contributed by atoms with van der Waals surface area (Å²) < 4.78 is 1.45. The predicted molar refractivity (Wildman–Crippen MR) is 55.9 cm³/mol. The van der Waals surface area contributed by atoms with E-state index in [0.717, 1.165) is 0 Å². The van der Waals surface area contributed by atoms with Gasteiger partial charge in [0.25, 0.3) is 0 Å². The molecule has 1 aromatic heterocycles. The van der Waals surface area contributed by atoms with E-state index < -0.39 is 0 Å². The molecule has 62 valence electrons. The summed E-state index contributed by atoms with van der Waals surface area (Å²) >= 11 is 1.84. The van der Waals surface area contributed by atoms with Crippen LogP contribution in [0.25, 0.3) is 10.1 Å². The Balaban J connectivity index is 2.73. The molecular weight excluding hydrogens is 164 g/mol. The summed E-state index contributed by atoms with van der Waals surface area (Å²) in [5, 5.41) is 3.54. The molecule has 2 rings (SSSR count). The van der Waals surface area contributed by atoms with Gasteiger partial charge < -0.3 is 0 Å². The van der Waals surface area contributed by atoms with Crippen LogP contribution in [0.4, 0.5) is 0 Å². The van der Waals surface area contributed by atoms with Gasteiger partial charge in [0.1, 0.15) is 0 Å². The maximum Gasteiger partial charge on any atom is 0.0377 e. The first-order valence-corrected chi connectivity index (χ1v) is 5.13. The Morgan fingerprint density at radius 1 is 1.17 bits per heavy atom. The van der Waals surface area contributed by atoms with Gasteiger partial charge in [-0.05, 0) is 28.3 Å². The van der Waals surface area contributed by atoms with Crippen molar-refractivity contribution in [3.8, 4) is 0 Å². The molecule has 1 heteroatoms. The number of hydrogen-bond donors (Lipinski definition) is 0. The van der Waals surface area contributed by atoms with Crippen molar-refractivity contribution >= 4 is 21.4 Å². The van der Waals surface area contributed by atoms with Crippen molar-refractivity contribution in [1.82, 2.24) is 0 Å². The highest BCUT2D eigenvalue weighted by molar-refractivity contribution is 7.17. The first-order valence-electron chi connectivity index (χ1n) is 4.25. The second-order valence-electron chi connectivity index (χ2n) is 3.34. The van der Waals surface area contributed by atoms with Crippen molar-refractivity contribution in [1.29, 1.82) is 0 Å². The lowest BCUT2D eigenvalue weighted by atomic mass is 10.0. The minimum Gasteiger partial charge on any atom is -0.144 e. The molecule has 0 fully saturated rings. The van der Waals surface area contributed by atoms with E-state index in [1.807, 2.05) is 11.3 Å². The zero-order chi connectivity index (χ0) is 8.55. The van der Waals surface area contributed by atoms with Crippen LogP contribution in [0.5, 0.6) is 0 Å². The Morgan fingerprint density at radius 2 is 2.00 bits per heavy atom. The Kier molecular flexibility index (Phi) is 1.89. The molecule has 2 aromatic rings. The van der Waals surface area contributed by atoms with Gasteiger partial charge in [-0.3, -0.25) is 0 Å². The third-order valence-corrected chi connectivity index (χ3v) is 3.11. The van der Waals surface area contributed by atoms with E-state index in [4.69, 9.17) is 0 Å². The zero-order valence-electron chi connectivity index (χ0n) is 7.37. The van der Waals surface area contributed by atoms with Crippen LogP contribution in [0, 0.1) is 0 Å². The number of thiophene rings is 1. The molecule has 0 radical (unpaired) electrons. The van der Waals surface area contributed by atoms with Crippen molar-refractivity contribution in [2.75, 3.05) is 0 Å². The molecule has 0 aliphatic rings. The molecule has 0 saturated heterocycles. The summed E-state index contributed by atoms with van der Waals surface area (Å²) in [4.78, 5) is 0. The highest BCUT2D eigenvalue weighted by Crippen LogP contribution is 2.29. The van der Waals surface area contributed by atoms with E-state index in [1.54, 1.807) is 0 Å². The number of rotatable bonds is 1. The van der Waals surface area contributed by atoms with E-state index in [9.17, 15) is 0 Å². The first kappa shape index (κ1) is 7.81. The Hall–Kier alpha value is -0.820. The minimum absolute atomic E-state index is 0.632. The summed E-state index contributed by atoms with van der Waals surface area (Å²) in [6.45, 7) is 4.49. The molecule has 0 N–H and O–H groups in total. The van der Waals surface area contributed by atoms with Gasteiger partial charge in [0.05, 0.1) is 0 Å². The molecule has 1 aromatic carbocycles. The van der Waals surface area contributed by atoms with Crippen LogP contribution in [0.15, 0.2) is 29.6 Å². The molecule has 0 nitrogen and oxygen atoms in total. The molecule has 0 saturated carbocycles. The molecule has 0 aliphatic heterocycles. The molecule has 0 atom stereocenters. The van der Waals surface area contributed by atoms with Crippen LogP contribution in [0.2, 0.25) is 0 Å². The van der Waals surface area contributed by atoms with Gasteiger partial charge in [0, 0.05) is 4.70 Å². The third kappa shape index (κ3) is 1.14. The minimum atomic E-state index is 0.632. The van der Waals surface area contributed by atoms with E-state index >= 15 is 0 Å². The fourth-order valence-corrected chi connectivity index (χ4v) is 2.53. The smallest absolute Gasteiger partial charge is 0.0377 e. The fraction of sp³-hybridized carbons (Fsp3) is 0.273. The summed E-state index contributed by atoms with van der Waals surface area (Å²) in [5.74, 6) is 0.632.